The zero-order chi connectivity index (χ0) is 30.4. The fourth-order valence-electron chi connectivity index (χ4n) is 9.75. The first-order chi connectivity index (χ1) is 21.5. The van der Waals surface area contributed by atoms with E-state index < -0.39 is 6.10 Å². The second kappa shape index (κ2) is 12.1. The van der Waals surface area contributed by atoms with Crippen molar-refractivity contribution in [1.29, 1.82) is 0 Å². The Labute approximate surface area is 263 Å². The summed E-state index contributed by atoms with van der Waals surface area (Å²) in [5, 5.41) is 12.1. The monoisotopic (exact) mass is 595 g/mol. The number of pyridine rings is 1. The molecule has 2 unspecified atom stereocenters. The van der Waals surface area contributed by atoms with Crippen molar-refractivity contribution in [2.45, 2.75) is 75.0 Å². The number of piperidine rings is 4. The molecule has 44 heavy (non-hydrogen) atoms. The first kappa shape index (κ1) is 29.8. The van der Waals surface area contributed by atoms with Crippen molar-refractivity contribution >= 4 is 10.9 Å². The number of fused-ring (bicyclic) bond motifs is 5. The average Bonchev–Trinajstić information content (AvgIpc) is 3.09. The Morgan fingerprint density at radius 2 is 1.84 bits per heavy atom. The lowest BCUT2D eigenvalue weighted by Gasteiger charge is -2.58. The molecule has 0 amide bonds. The van der Waals surface area contributed by atoms with Gasteiger partial charge < -0.3 is 19.5 Å². The van der Waals surface area contributed by atoms with E-state index in [4.69, 9.17) is 9.47 Å². The van der Waals surface area contributed by atoms with Crippen LogP contribution in [0.5, 0.6) is 11.5 Å². The van der Waals surface area contributed by atoms with Gasteiger partial charge in [-0.25, -0.2) is 0 Å². The van der Waals surface area contributed by atoms with Crippen LogP contribution >= 0.6 is 0 Å². The number of aliphatic hydroxyl groups excluding tert-OH is 1. The summed E-state index contributed by atoms with van der Waals surface area (Å²) in [5.74, 6) is 3.92. The SMILES string of the molecule is C=C[C@H]1CN2CCC1C[C@@H]2[C@@H](O)c1ccnc2ccc(OC)cc12.COc1ccc2c(c1)[C@]13CCCC[C@@H]1[C@H](C2)N(C)CC3. The molecule has 4 saturated heterocycles. The Kier molecular flexibility index (Phi) is 8.19. The zero-order valence-electron chi connectivity index (χ0n) is 26.8. The van der Waals surface area contributed by atoms with E-state index in [2.05, 4.69) is 52.7 Å². The summed E-state index contributed by atoms with van der Waals surface area (Å²) in [6.45, 7) is 7.33. The fourth-order valence-corrected chi connectivity index (χ4v) is 9.75. The Morgan fingerprint density at radius 3 is 2.61 bits per heavy atom. The van der Waals surface area contributed by atoms with Crippen LogP contribution in [-0.4, -0.2) is 72.9 Å². The molecule has 5 fully saturated rings. The van der Waals surface area contributed by atoms with Crippen LogP contribution in [0.1, 0.15) is 67.7 Å². The standard InChI is InChI=1S/C20H24N2O2.C18H25NO/c1-3-13-12-22-9-7-14(13)10-19(22)20(23)16-6-8-21-18-5-4-15(24-2)11-17(16)18;1-19-10-9-18-8-4-3-5-15(18)17(19)11-13-6-7-14(20-2)12-16(13)18/h3-6,8,11,13-14,19-20,23H,1,7,9-10,12H2,2H3;6-7,12,15,17H,3-5,8-11H2,1-2H3/t13-,14?,19+,20-;15-,17+,18+/m01/s1. The van der Waals surface area contributed by atoms with Gasteiger partial charge in [0.25, 0.3) is 0 Å². The predicted octanol–water partition coefficient (Wildman–Crippen LogP) is 6.56. The maximum Gasteiger partial charge on any atom is 0.119 e. The van der Waals surface area contributed by atoms with Crippen molar-refractivity contribution in [2.24, 2.45) is 17.8 Å². The van der Waals surface area contributed by atoms with Crippen molar-refractivity contribution in [3.63, 3.8) is 0 Å². The van der Waals surface area contributed by atoms with Crippen LogP contribution in [0.4, 0.5) is 0 Å². The minimum absolute atomic E-state index is 0.178. The minimum atomic E-state index is -0.504. The number of ether oxygens (including phenoxy) is 2. The fraction of sp³-hybridized carbons (Fsp3) is 0.553. The Hall–Kier alpha value is -2.93. The highest BCUT2D eigenvalue weighted by Crippen LogP contribution is 2.56. The maximum absolute atomic E-state index is 11.2. The maximum atomic E-state index is 11.2. The van der Waals surface area contributed by atoms with E-state index in [0.717, 1.165) is 59.4 Å². The molecule has 9 rings (SSSR count). The molecule has 4 aliphatic heterocycles. The smallest absolute Gasteiger partial charge is 0.119 e. The van der Waals surface area contributed by atoms with Crippen LogP contribution in [-0.2, 0) is 11.8 Å². The third kappa shape index (κ3) is 5.03. The number of aliphatic hydroxyl groups is 1. The van der Waals surface area contributed by atoms with Gasteiger partial charge in [-0.15, -0.1) is 6.58 Å². The highest BCUT2D eigenvalue weighted by molar-refractivity contribution is 5.84. The van der Waals surface area contributed by atoms with Gasteiger partial charge in [0.1, 0.15) is 11.5 Å². The van der Waals surface area contributed by atoms with Crippen molar-refractivity contribution in [3.8, 4) is 11.5 Å². The summed E-state index contributed by atoms with van der Waals surface area (Å²) < 4.78 is 10.9. The Bertz CT molecular complexity index is 1510. The van der Waals surface area contributed by atoms with Crippen molar-refractivity contribution in [2.75, 3.05) is 40.9 Å². The molecule has 3 aromatic rings. The number of likely N-dealkylation sites (tertiary alicyclic amines) is 1. The molecule has 1 saturated carbocycles. The van der Waals surface area contributed by atoms with Crippen LogP contribution in [0.15, 0.2) is 61.3 Å². The third-order valence-electron chi connectivity index (χ3n) is 12.1. The van der Waals surface area contributed by atoms with E-state index >= 15 is 0 Å². The quantitative estimate of drug-likeness (QED) is 0.338. The van der Waals surface area contributed by atoms with Gasteiger partial charge in [-0.05, 0) is 130 Å². The number of nitrogens with zero attached hydrogens (tertiary/aromatic N) is 3. The van der Waals surface area contributed by atoms with Gasteiger partial charge in [0.05, 0.1) is 25.8 Å². The first-order valence-electron chi connectivity index (χ1n) is 16.8. The molecule has 0 spiro atoms. The molecule has 4 bridgehead atoms. The molecule has 1 N–H and O–H groups in total. The lowest BCUT2D eigenvalue weighted by Crippen LogP contribution is -2.59. The molecule has 5 heterocycles. The van der Waals surface area contributed by atoms with Crippen LogP contribution in [0.2, 0.25) is 0 Å². The van der Waals surface area contributed by atoms with E-state index in [1.807, 2.05) is 24.3 Å². The summed E-state index contributed by atoms with van der Waals surface area (Å²) in [5.41, 5.74) is 5.52. The molecule has 2 aliphatic carbocycles. The topological polar surface area (TPSA) is 58.1 Å². The van der Waals surface area contributed by atoms with Crippen LogP contribution in [0, 0.1) is 17.8 Å². The summed E-state index contributed by atoms with van der Waals surface area (Å²) in [4.78, 5) is 9.48. The van der Waals surface area contributed by atoms with Gasteiger partial charge in [-0.3, -0.25) is 9.88 Å². The van der Waals surface area contributed by atoms with Gasteiger partial charge in [0.2, 0.25) is 0 Å². The molecule has 234 valence electrons. The lowest BCUT2D eigenvalue weighted by molar-refractivity contribution is -0.0444. The van der Waals surface area contributed by atoms with Crippen molar-refractivity contribution in [3.05, 3.63) is 78.0 Å². The summed E-state index contributed by atoms with van der Waals surface area (Å²) >= 11 is 0. The number of hydrogen-bond donors (Lipinski definition) is 1. The van der Waals surface area contributed by atoms with Gasteiger partial charge in [-0.2, -0.15) is 0 Å². The molecule has 6 aliphatic rings. The van der Waals surface area contributed by atoms with E-state index in [1.165, 1.54) is 51.5 Å². The summed E-state index contributed by atoms with van der Waals surface area (Å²) in [6, 6.07) is 15.6. The van der Waals surface area contributed by atoms with Crippen molar-refractivity contribution < 1.29 is 14.6 Å². The molecule has 0 radical (unpaired) electrons. The molecule has 8 atom stereocenters. The van der Waals surface area contributed by atoms with E-state index in [0.29, 0.717) is 17.3 Å². The van der Waals surface area contributed by atoms with E-state index in [9.17, 15) is 5.11 Å². The molecule has 6 nitrogen and oxygen atoms in total. The van der Waals surface area contributed by atoms with Crippen LogP contribution in [0.25, 0.3) is 10.9 Å². The molecular weight excluding hydrogens is 546 g/mol. The number of likely N-dealkylation sites (N-methyl/N-ethyl adjacent to an activating group) is 1. The van der Waals surface area contributed by atoms with Gasteiger partial charge >= 0.3 is 0 Å². The Morgan fingerprint density at radius 1 is 1.02 bits per heavy atom. The second-order valence-electron chi connectivity index (χ2n) is 14.0. The molecular formula is C38H49N3O3. The largest absolute Gasteiger partial charge is 0.497 e. The highest BCUT2D eigenvalue weighted by Gasteiger charge is 2.53. The van der Waals surface area contributed by atoms with Gasteiger partial charge in [0, 0.05) is 35.6 Å². The minimum Gasteiger partial charge on any atom is -0.497 e. The van der Waals surface area contributed by atoms with Gasteiger partial charge in [-0.1, -0.05) is 25.0 Å². The van der Waals surface area contributed by atoms with E-state index in [-0.39, 0.29) is 6.04 Å². The first-order valence-corrected chi connectivity index (χ1v) is 16.8. The van der Waals surface area contributed by atoms with Crippen LogP contribution in [0.3, 0.4) is 0 Å². The number of rotatable bonds is 5. The molecule has 1 aromatic heterocycles. The number of aromatic nitrogens is 1. The average molecular weight is 596 g/mol. The van der Waals surface area contributed by atoms with Crippen molar-refractivity contribution in [1.82, 2.24) is 14.8 Å². The number of methoxy groups -OCH3 is 2. The van der Waals surface area contributed by atoms with Gasteiger partial charge in [0.15, 0.2) is 0 Å². The normalized spacial score (nSPS) is 32.9. The van der Waals surface area contributed by atoms with Crippen LogP contribution < -0.4 is 9.47 Å². The summed E-state index contributed by atoms with van der Waals surface area (Å²) in [6.07, 6.45) is 13.8. The third-order valence-corrected chi connectivity index (χ3v) is 12.1. The molecule has 2 aromatic carbocycles. The lowest BCUT2D eigenvalue weighted by atomic mass is 9.52. The second-order valence-corrected chi connectivity index (χ2v) is 14.0. The van der Waals surface area contributed by atoms with E-state index in [1.54, 1.807) is 31.5 Å². The number of hydrogen-bond acceptors (Lipinski definition) is 6. The predicted molar refractivity (Wildman–Crippen MR) is 176 cm³/mol. The highest BCUT2D eigenvalue weighted by atomic mass is 16.5. The molecule has 6 heteroatoms. The summed E-state index contributed by atoms with van der Waals surface area (Å²) in [7, 11) is 5.78. The number of benzene rings is 2. The Balaban J connectivity index is 0.000000144. The zero-order valence-corrected chi connectivity index (χ0v) is 26.8.